The van der Waals surface area contributed by atoms with Crippen LogP contribution in [0.5, 0.6) is 0 Å². The van der Waals surface area contributed by atoms with E-state index in [2.05, 4.69) is 27.0 Å². The summed E-state index contributed by atoms with van der Waals surface area (Å²) in [4.78, 5) is 25.8. The normalized spacial score (nSPS) is 20.1. The van der Waals surface area contributed by atoms with Gasteiger partial charge < -0.3 is 9.47 Å². The average molecular weight is 435 g/mol. The van der Waals surface area contributed by atoms with Gasteiger partial charge in [-0.2, -0.15) is 9.97 Å². The van der Waals surface area contributed by atoms with Crippen LogP contribution in [0.25, 0.3) is 11.2 Å². The molecule has 1 aliphatic heterocycles. The van der Waals surface area contributed by atoms with E-state index in [4.69, 9.17) is 21.1 Å². The van der Waals surface area contributed by atoms with Gasteiger partial charge in [0.05, 0.1) is 18.1 Å². The standard InChI is InChI=1S/C20H27ClN6O3/c1-13(2)30-20(28)25-27(14-8-4-3-5-9-14)18-16-17(23-19(21)24-18)26(12-22-16)15-10-6-7-11-29-15/h12,14-15H,1,3-11H2,2H3,(H,25,28). The van der Waals surface area contributed by atoms with Crippen LogP contribution in [0.4, 0.5) is 10.6 Å². The second-order valence-electron chi connectivity index (χ2n) is 7.83. The van der Waals surface area contributed by atoms with Crippen molar-refractivity contribution in [2.24, 2.45) is 0 Å². The van der Waals surface area contributed by atoms with Crippen LogP contribution in [0, 0.1) is 0 Å². The zero-order valence-electron chi connectivity index (χ0n) is 17.1. The van der Waals surface area contributed by atoms with Gasteiger partial charge in [0.25, 0.3) is 0 Å². The number of amides is 1. The monoisotopic (exact) mass is 434 g/mol. The van der Waals surface area contributed by atoms with E-state index < -0.39 is 6.09 Å². The number of rotatable bonds is 5. The SMILES string of the molecule is C=C(C)OC(=O)NN(c1nc(Cl)nc2c1ncn2C1CCCCO1)C1CCCCC1. The first-order valence-electron chi connectivity index (χ1n) is 10.5. The molecule has 2 aromatic heterocycles. The lowest BCUT2D eigenvalue weighted by Crippen LogP contribution is -2.50. The summed E-state index contributed by atoms with van der Waals surface area (Å²) >= 11 is 6.31. The number of nitrogens with one attached hydrogen (secondary N) is 1. The minimum atomic E-state index is -0.619. The molecule has 1 N–H and O–H groups in total. The molecule has 9 nitrogen and oxygen atoms in total. The molecule has 1 aliphatic carbocycles. The molecule has 4 rings (SSSR count). The molecule has 10 heteroatoms. The molecule has 0 radical (unpaired) electrons. The molecule has 3 heterocycles. The van der Waals surface area contributed by atoms with Gasteiger partial charge in [-0.1, -0.05) is 25.8 Å². The van der Waals surface area contributed by atoms with Gasteiger partial charge >= 0.3 is 6.09 Å². The van der Waals surface area contributed by atoms with Crippen LogP contribution in [0.2, 0.25) is 5.28 Å². The van der Waals surface area contributed by atoms with Crippen LogP contribution in [0.15, 0.2) is 18.7 Å². The number of hydrogen-bond acceptors (Lipinski definition) is 7. The molecule has 2 aromatic rings. The van der Waals surface area contributed by atoms with Gasteiger partial charge in [0.2, 0.25) is 5.28 Å². The summed E-state index contributed by atoms with van der Waals surface area (Å²) in [5, 5.41) is 1.82. The molecule has 2 aliphatic rings. The van der Waals surface area contributed by atoms with Crippen molar-refractivity contribution < 1.29 is 14.3 Å². The molecule has 2 fully saturated rings. The van der Waals surface area contributed by atoms with Crippen molar-refractivity contribution in [1.82, 2.24) is 24.9 Å². The summed E-state index contributed by atoms with van der Waals surface area (Å²) < 4.78 is 12.9. The third-order valence-corrected chi connectivity index (χ3v) is 5.66. The summed E-state index contributed by atoms with van der Waals surface area (Å²) in [6, 6.07) is 0.0571. The summed E-state index contributed by atoms with van der Waals surface area (Å²) in [7, 11) is 0. The average Bonchev–Trinajstić information content (AvgIpc) is 3.16. The number of imidazole rings is 1. The highest BCUT2D eigenvalue weighted by atomic mass is 35.5. The molecular weight excluding hydrogens is 408 g/mol. The number of fused-ring (bicyclic) bond motifs is 1. The number of allylic oxidation sites excluding steroid dienone is 1. The van der Waals surface area contributed by atoms with Gasteiger partial charge in [0.1, 0.15) is 6.23 Å². The topological polar surface area (TPSA) is 94.4 Å². The maximum atomic E-state index is 12.4. The number of ether oxygens (including phenoxy) is 2. The number of nitrogens with zero attached hydrogens (tertiary/aromatic N) is 5. The Balaban J connectivity index is 1.73. The lowest BCUT2D eigenvalue weighted by atomic mass is 9.95. The third-order valence-electron chi connectivity index (χ3n) is 5.49. The molecular formula is C20H27ClN6O3. The van der Waals surface area contributed by atoms with E-state index in [1.807, 2.05) is 4.57 Å². The lowest BCUT2D eigenvalue weighted by Gasteiger charge is -2.34. The highest BCUT2D eigenvalue weighted by Crippen LogP contribution is 2.32. The molecule has 1 amide bonds. The number of carbonyl (C=O) groups excluding carboxylic acids is 1. The predicted molar refractivity (Wildman–Crippen MR) is 113 cm³/mol. The summed E-state index contributed by atoms with van der Waals surface area (Å²) in [6.45, 7) is 5.96. The maximum Gasteiger partial charge on any atom is 0.431 e. The molecule has 1 saturated carbocycles. The first-order chi connectivity index (χ1) is 14.5. The van der Waals surface area contributed by atoms with Crippen molar-refractivity contribution >= 4 is 34.7 Å². The van der Waals surface area contributed by atoms with Crippen LogP contribution in [-0.2, 0) is 9.47 Å². The minimum absolute atomic E-state index is 0.0571. The van der Waals surface area contributed by atoms with Crippen molar-refractivity contribution in [3.05, 3.63) is 23.9 Å². The Morgan fingerprint density at radius 3 is 2.73 bits per heavy atom. The van der Waals surface area contributed by atoms with Crippen molar-refractivity contribution in [3.8, 4) is 0 Å². The molecule has 1 unspecified atom stereocenters. The van der Waals surface area contributed by atoms with Crippen molar-refractivity contribution in [1.29, 1.82) is 0 Å². The van der Waals surface area contributed by atoms with Gasteiger partial charge in [0, 0.05) is 6.61 Å². The quantitative estimate of drug-likeness (QED) is 0.420. The number of aromatic nitrogens is 4. The van der Waals surface area contributed by atoms with Gasteiger partial charge in [-0.15, -0.1) is 0 Å². The number of hydrazine groups is 1. The molecule has 30 heavy (non-hydrogen) atoms. The van der Waals surface area contributed by atoms with Crippen LogP contribution in [0.3, 0.4) is 0 Å². The molecule has 0 spiro atoms. The molecule has 0 aromatic carbocycles. The fraction of sp³-hybridized carbons (Fsp3) is 0.600. The Morgan fingerprint density at radius 1 is 1.27 bits per heavy atom. The Bertz CT molecular complexity index is 921. The number of hydrogen-bond donors (Lipinski definition) is 1. The maximum absolute atomic E-state index is 12.4. The van der Waals surface area contributed by atoms with Crippen LogP contribution in [-0.4, -0.2) is 38.3 Å². The molecule has 1 saturated heterocycles. The van der Waals surface area contributed by atoms with E-state index in [9.17, 15) is 4.79 Å². The predicted octanol–water partition coefficient (Wildman–Crippen LogP) is 4.49. The van der Waals surface area contributed by atoms with Gasteiger partial charge in [-0.05, 0) is 50.6 Å². The highest BCUT2D eigenvalue weighted by molar-refractivity contribution is 6.28. The van der Waals surface area contributed by atoms with Gasteiger partial charge in [0.15, 0.2) is 17.0 Å². The van der Waals surface area contributed by atoms with Crippen LogP contribution >= 0.6 is 11.6 Å². The summed E-state index contributed by atoms with van der Waals surface area (Å²) in [5.41, 5.74) is 3.98. The largest absolute Gasteiger partial charge is 0.431 e. The lowest BCUT2D eigenvalue weighted by molar-refractivity contribution is -0.0298. The zero-order valence-corrected chi connectivity index (χ0v) is 17.9. The van der Waals surface area contributed by atoms with Crippen LogP contribution < -0.4 is 10.4 Å². The van der Waals surface area contributed by atoms with Crippen molar-refractivity contribution in [3.63, 3.8) is 0 Å². The van der Waals surface area contributed by atoms with Crippen molar-refractivity contribution in [2.45, 2.75) is 70.6 Å². The van der Waals surface area contributed by atoms with E-state index in [0.29, 0.717) is 29.3 Å². The van der Waals surface area contributed by atoms with E-state index >= 15 is 0 Å². The first kappa shape index (κ1) is 20.9. The second-order valence-corrected chi connectivity index (χ2v) is 8.16. The smallest absolute Gasteiger partial charge is 0.415 e. The Labute approximate surface area is 180 Å². The highest BCUT2D eigenvalue weighted by Gasteiger charge is 2.29. The van der Waals surface area contributed by atoms with E-state index in [1.54, 1.807) is 18.3 Å². The van der Waals surface area contributed by atoms with Crippen molar-refractivity contribution in [2.75, 3.05) is 11.6 Å². The fourth-order valence-corrected chi connectivity index (χ4v) is 4.29. The Morgan fingerprint density at radius 2 is 2.03 bits per heavy atom. The molecule has 162 valence electrons. The Kier molecular flexibility index (Phi) is 6.38. The second kappa shape index (κ2) is 9.18. The molecule has 0 bridgehead atoms. The summed E-state index contributed by atoms with van der Waals surface area (Å²) in [5.74, 6) is 0.769. The van der Waals surface area contributed by atoms with E-state index in [-0.39, 0.29) is 17.6 Å². The molecule has 1 atom stereocenters. The van der Waals surface area contributed by atoms with Crippen LogP contribution in [0.1, 0.15) is 64.5 Å². The first-order valence-corrected chi connectivity index (χ1v) is 10.9. The Hall–Kier alpha value is -2.39. The van der Waals surface area contributed by atoms with Gasteiger partial charge in [-0.3, -0.25) is 9.58 Å². The zero-order chi connectivity index (χ0) is 21.1. The minimum Gasteiger partial charge on any atom is -0.415 e. The summed E-state index contributed by atoms with van der Waals surface area (Å²) in [6.07, 6.45) is 9.14. The van der Waals surface area contributed by atoms with E-state index in [0.717, 1.165) is 44.9 Å². The number of carbonyl (C=O) groups is 1. The van der Waals surface area contributed by atoms with E-state index in [1.165, 1.54) is 6.42 Å². The van der Waals surface area contributed by atoms with Gasteiger partial charge in [-0.25, -0.2) is 15.2 Å². The number of halogens is 1. The third kappa shape index (κ3) is 4.52. The number of anilines is 1. The fourth-order valence-electron chi connectivity index (χ4n) is 4.13.